The minimum atomic E-state index is -0.891. The van der Waals surface area contributed by atoms with Gasteiger partial charge in [0.05, 0.1) is 34.4 Å². The van der Waals surface area contributed by atoms with Crippen molar-refractivity contribution in [2.24, 2.45) is 0 Å². The Kier molecular flexibility index (Phi) is 37.9. The summed E-state index contributed by atoms with van der Waals surface area (Å²) in [6, 6.07) is -0.633. The average Bonchev–Trinajstić information content (AvgIpc) is 3.18. The minimum absolute atomic E-state index is 0.0236. The van der Waals surface area contributed by atoms with Crippen molar-refractivity contribution in [1.82, 2.24) is 0 Å². The molecule has 0 fully saturated rings. The maximum absolute atomic E-state index is 12.7. The van der Waals surface area contributed by atoms with Gasteiger partial charge in [0.2, 0.25) is 0 Å². The second-order valence-corrected chi connectivity index (χ2v) is 15.9. The number of carbonyl (C=O) groups excluding carboxylic acids is 2. The van der Waals surface area contributed by atoms with Crippen molar-refractivity contribution in [1.29, 1.82) is 0 Å². The molecule has 0 aliphatic carbocycles. The summed E-state index contributed by atoms with van der Waals surface area (Å²) >= 11 is 0. The number of nitrogens with zero attached hydrogens (tertiary/aromatic N) is 1. The van der Waals surface area contributed by atoms with E-state index < -0.39 is 24.1 Å². The van der Waals surface area contributed by atoms with Crippen LogP contribution in [-0.2, 0) is 28.6 Å². The van der Waals surface area contributed by atoms with Crippen LogP contribution in [0.4, 0.5) is 0 Å². The SMILES string of the molecule is CC/C=C\C/C=C\C/C=C\C/C=C\C/C=C\C/C=C\CCC(=O)OC(COCCC(C(=O)O)[N+](C)(C)C)COC(=O)CCCCCCC/C=C\CCCCCCCC. The number of quaternary nitrogens is 1. The van der Waals surface area contributed by atoms with E-state index in [4.69, 9.17) is 14.2 Å². The molecule has 0 aliphatic rings. The van der Waals surface area contributed by atoms with Gasteiger partial charge in [0.25, 0.3) is 0 Å². The van der Waals surface area contributed by atoms with E-state index in [1.807, 2.05) is 33.3 Å². The number of ether oxygens (including phenoxy) is 3. The van der Waals surface area contributed by atoms with Gasteiger partial charge in [-0.15, -0.1) is 0 Å². The van der Waals surface area contributed by atoms with Gasteiger partial charge in [0, 0.05) is 19.3 Å². The summed E-state index contributed by atoms with van der Waals surface area (Å²) < 4.78 is 17.2. The Balaban J connectivity index is 4.49. The molecule has 2 unspecified atom stereocenters. The van der Waals surface area contributed by atoms with Crippen molar-refractivity contribution in [3.8, 4) is 0 Å². The van der Waals surface area contributed by atoms with Gasteiger partial charge < -0.3 is 23.8 Å². The molecule has 0 rings (SSSR count). The van der Waals surface area contributed by atoms with E-state index in [1.165, 1.54) is 51.4 Å². The number of carboxylic acids is 1. The Hall–Kier alpha value is -3.49. The molecular formula is C50H84NO7+. The van der Waals surface area contributed by atoms with E-state index in [0.29, 0.717) is 19.3 Å². The molecule has 8 nitrogen and oxygen atoms in total. The number of unbranched alkanes of at least 4 members (excludes halogenated alkanes) is 11. The summed E-state index contributed by atoms with van der Waals surface area (Å²) in [4.78, 5) is 37.0. The van der Waals surface area contributed by atoms with Crippen molar-refractivity contribution in [2.75, 3.05) is 41.0 Å². The highest BCUT2D eigenvalue weighted by Gasteiger charge is 2.31. The average molecular weight is 811 g/mol. The first-order chi connectivity index (χ1) is 28.1. The molecule has 58 heavy (non-hydrogen) atoms. The van der Waals surface area contributed by atoms with Crippen molar-refractivity contribution in [3.05, 3.63) is 85.1 Å². The third-order valence-corrected chi connectivity index (χ3v) is 9.54. The topological polar surface area (TPSA) is 99.1 Å². The van der Waals surface area contributed by atoms with Gasteiger partial charge in [0.1, 0.15) is 6.61 Å². The Morgan fingerprint density at radius 3 is 1.50 bits per heavy atom. The number of rotatable bonds is 39. The van der Waals surface area contributed by atoms with Gasteiger partial charge >= 0.3 is 17.9 Å². The van der Waals surface area contributed by atoms with Crippen LogP contribution in [0.1, 0.15) is 162 Å². The summed E-state index contributed by atoms with van der Waals surface area (Å²) in [5.74, 6) is -1.60. The van der Waals surface area contributed by atoms with Crippen LogP contribution >= 0.6 is 0 Å². The van der Waals surface area contributed by atoms with Crippen LogP contribution in [0.3, 0.4) is 0 Å². The number of likely N-dealkylation sites (N-methyl/N-ethyl adjacent to an activating group) is 1. The van der Waals surface area contributed by atoms with Crippen LogP contribution in [0.2, 0.25) is 0 Å². The Labute approximate surface area is 354 Å². The fourth-order valence-electron chi connectivity index (χ4n) is 6.05. The third-order valence-electron chi connectivity index (χ3n) is 9.54. The number of hydrogen-bond donors (Lipinski definition) is 1. The van der Waals surface area contributed by atoms with Gasteiger partial charge in [-0.2, -0.15) is 0 Å². The number of allylic oxidation sites excluding steroid dienone is 14. The van der Waals surface area contributed by atoms with Gasteiger partial charge in [-0.25, -0.2) is 4.79 Å². The summed E-state index contributed by atoms with van der Waals surface area (Å²) in [6.45, 7) is 4.51. The number of carbonyl (C=O) groups is 3. The number of aliphatic carboxylic acids is 1. The standard InChI is InChI=1S/C50H83NO7/c1-6-8-10-12-14-16-18-20-22-23-24-25-27-29-31-33-35-37-39-41-49(53)58-46(44-56-43-42-47(50(54)55)51(3,4)5)45-57-48(52)40-38-36-34-32-30-28-26-21-19-17-15-13-11-9-7-2/h8,10,14,16,20-22,24-26,29,31,35,37,46-47H,6-7,9,11-13,15,17-19,23,27-28,30,32-34,36,38-45H2,1-5H3/p+1/b10-8-,16-14-,22-20-,25-24-,26-21-,31-29-,37-35-. The molecule has 0 spiro atoms. The lowest BCUT2D eigenvalue weighted by atomic mass is 10.1. The van der Waals surface area contributed by atoms with Crippen molar-refractivity contribution in [3.63, 3.8) is 0 Å². The Bertz CT molecular complexity index is 1220. The molecule has 0 saturated carbocycles. The van der Waals surface area contributed by atoms with Gasteiger partial charge in [-0.05, 0) is 77.0 Å². The van der Waals surface area contributed by atoms with E-state index in [9.17, 15) is 19.5 Å². The predicted octanol–water partition coefficient (Wildman–Crippen LogP) is 12.5. The molecular weight excluding hydrogens is 727 g/mol. The number of carboxylic acid groups (broad SMARTS) is 1. The van der Waals surface area contributed by atoms with Crippen LogP contribution < -0.4 is 0 Å². The van der Waals surface area contributed by atoms with Gasteiger partial charge in [-0.3, -0.25) is 9.59 Å². The van der Waals surface area contributed by atoms with Crippen LogP contribution in [-0.4, -0.2) is 80.6 Å². The lowest BCUT2D eigenvalue weighted by Gasteiger charge is -2.31. The van der Waals surface area contributed by atoms with Crippen LogP contribution in [0, 0.1) is 0 Å². The lowest BCUT2D eigenvalue weighted by Crippen LogP contribution is -2.50. The molecule has 0 saturated heterocycles. The minimum Gasteiger partial charge on any atom is -0.477 e. The van der Waals surface area contributed by atoms with Crippen molar-refractivity contribution in [2.45, 2.75) is 174 Å². The van der Waals surface area contributed by atoms with E-state index in [-0.39, 0.29) is 36.7 Å². The normalized spacial score (nSPS) is 13.7. The zero-order valence-electron chi connectivity index (χ0n) is 37.5. The highest BCUT2D eigenvalue weighted by Crippen LogP contribution is 2.12. The third kappa shape index (κ3) is 38.1. The summed E-state index contributed by atoms with van der Waals surface area (Å²) in [7, 11) is 5.49. The molecule has 0 bridgehead atoms. The molecule has 0 aromatic carbocycles. The van der Waals surface area contributed by atoms with Crippen LogP contribution in [0.15, 0.2) is 85.1 Å². The maximum atomic E-state index is 12.7. The molecule has 0 amide bonds. The fraction of sp³-hybridized carbons (Fsp3) is 0.660. The lowest BCUT2D eigenvalue weighted by molar-refractivity contribution is -0.887. The summed E-state index contributed by atoms with van der Waals surface area (Å²) in [5.41, 5.74) is 0. The molecule has 8 heteroatoms. The van der Waals surface area contributed by atoms with Crippen LogP contribution in [0.5, 0.6) is 0 Å². The predicted molar refractivity (Wildman–Crippen MR) is 243 cm³/mol. The molecule has 0 aliphatic heterocycles. The second-order valence-electron chi connectivity index (χ2n) is 15.9. The van der Waals surface area contributed by atoms with E-state index >= 15 is 0 Å². The highest BCUT2D eigenvalue weighted by atomic mass is 16.6. The molecule has 330 valence electrons. The summed E-state index contributed by atoms with van der Waals surface area (Å²) in [5, 5.41) is 9.62. The van der Waals surface area contributed by atoms with E-state index in [2.05, 4.69) is 86.8 Å². The zero-order valence-corrected chi connectivity index (χ0v) is 37.5. The molecule has 0 aromatic heterocycles. The molecule has 0 aromatic rings. The van der Waals surface area contributed by atoms with E-state index in [0.717, 1.165) is 70.6 Å². The first-order valence-corrected chi connectivity index (χ1v) is 22.6. The quantitative estimate of drug-likeness (QED) is 0.0286. The number of hydrogen-bond acceptors (Lipinski definition) is 6. The molecule has 0 heterocycles. The monoisotopic (exact) mass is 811 g/mol. The highest BCUT2D eigenvalue weighted by molar-refractivity contribution is 5.72. The van der Waals surface area contributed by atoms with Crippen LogP contribution in [0.25, 0.3) is 0 Å². The summed E-state index contributed by atoms with van der Waals surface area (Å²) in [6.07, 6.45) is 52.1. The van der Waals surface area contributed by atoms with Crippen molar-refractivity contribution < 1.29 is 38.2 Å². The largest absolute Gasteiger partial charge is 0.477 e. The maximum Gasteiger partial charge on any atom is 0.362 e. The smallest absolute Gasteiger partial charge is 0.362 e. The zero-order chi connectivity index (χ0) is 42.8. The molecule has 0 radical (unpaired) electrons. The first-order valence-electron chi connectivity index (χ1n) is 22.6. The van der Waals surface area contributed by atoms with Gasteiger partial charge in [0.15, 0.2) is 12.1 Å². The Morgan fingerprint density at radius 1 is 0.534 bits per heavy atom. The van der Waals surface area contributed by atoms with Gasteiger partial charge in [-0.1, -0.05) is 150 Å². The van der Waals surface area contributed by atoms with Crippen molar-refractivity contribution >= 4 is 17.9 Å². The number of esters is 2. The molecule has 2 atom stereocenters. The first kappa shape index (κ1) is 54.5. The van der Waals surface area contributed by atoms with E-state index in [1.54, 1.807) is 0 Å². The second kappa shape index (κ2) is 40.3. The molecule has 1 N–H and O–H groups in total. The Morgan fingerprint density at radius 2 is 1.00 bits per heavy atom. The fourth-order valence-corrected chi connectivity index (χ4v) is 6.05.